The normalized spacial score (nSPS) is 10.8. The molecule has 4 nitrogen and oxygen atoms in total. The van der Waals surface area contributed by atoms with Crippen molar-refractivity contribution in [3.8, 4) is 5.75 Å². The highest BCUT2D eigenvalue weighted by Gasteiger charge is 2.23. The molecule has 0 atom stereocenters. The largest absolute Gasteiger partial charge is 0.507 e. The number of nitrogens with two attached hydrogens (primary N) is 1. The van der Waals surface area contributed by atoms with Crippen LogP contribution in [0.4, 0.5) is 4.39 Å². The van der Waals surface area contributed by atoms with E-state index in [0.717, 1.165) is 18.9 Å². The molecule has 0 fully saturated rings. The van der Waals surface area contributed by atoms with Gasteiger partial charge in [0.15, 0.2) is 0 Å². The molecule has 19 heavy (non-hydrogen) atoms. The van der Waals surface area contributed by atoms with Crippen molar-refractivity contribution in [1.29, 1.82) is 0 Å². The SMILES string of the molecule is CCC(CC)N(CCN)C(=O)c1ccc(F)cc1O. The summed E-state index contributed by atoms with van der Waals surface area (Å²) in [5.74, 6) is -1.21. The van der Waals surface area contributed by atoms with E-state index in [1.54, 1.807) is 4.90 Å². The summed E-state index contributed by atoms with van der Waals surface area (Å²) < 4.78 is 12.9. The molecule has 1 aromatic rings. The number of aromatic hydroxyl groups is 1. The molecule has 0 unspecified atom stereocenters. The van der Waals surface area contributed by atoms with E-state index >= 15 is 0 Å². The quantitative estimate of drug-likeness (QED) is 0.830. The number of rotatable bonds is 6. The third kappa shape index (κ3) is 3.67. The molecule has 0 saturated heterocycles. The number of benzene rings is 1. The first-order chi connectivity index (χ1) is 9.04. The van der Waals surface area contributed by atoms with Crippen molar-refractivity contribution in [3.63, 3.8) is 0 Å². The van der Waals surface area contributed by atoms with Crippen molar-refractivity contribution in [2.75, 3.05) is 13.1 Å². The molecule has 0 aromatic heterocycles. The van der Waals surface area contributed by atoms with Gasteiger partial charge in [-0.1, -0.05) is 13.8 Å². The Bertz CT molecular complexity index is 433. The zero-order valence-electron chi connectivity index (χ0n) is 11.4. The van der Waals surface area contributed by atoms with E-state index in [1.807, 2.05) is 13.8 Å². The minimum absolute atomic E-state index is 0.0699. The van der Waals surface area contributed by atoms with E-state index in [0.29, 0.717) is 13.1 Å². The molecule has 106 valence electrons. The highest BCUT2D eigenvalue weighted by atomic mass is 19.1. The van der Waals surface area contributed by atoms with Crippen molar-refractivity contribution >= 4 is 5.91 Å². The Labute approximate surface area is 113 Å². The van der Waals surface area contributed by atoms with Crippen molar-refractivity contribution < 1.29 is 14.3 Å². The van der Waals surface area contributed by atoms with Crippen molar-refractivity contribution in [3.05, 3.63) is 29.6 Å². The number of phenols is 1. The first-order valence-corrected chi connectivity index (χ1v) is 6.54. The maximum Gasteiger partial charge on any atom is 0.257 e. The molecule has 0 aliphatic rings. The minimum Gasteiger partial charge on any atom is -0.507 e. The molecule has 1 aromatic carbocycles. The first-order valence-electron chi connectivity index (χ1n) is 6.54. The molecule has 0 bridgehead atoms. The fraction of sp³-hybridized carbons (Fsp3) is 0.500. The number of amides is 1. The summed E-state index contributed by atoms with van der Waals surface area (Å²) >= 11 is 0. The van der Waals surface area contributed by atoms with Crippen molar-refractivity contribution in [2.24, 2.45) is 5.73 Å². The Morgan fingerprint density at radius 2 is 2.05 bits per heavy atom. The Hall–Kier alpha value is -1.62. The van der Waals surface area contributed by atoms with Gasteiger partial charge in [0.1, 0.15) is 11.6 Å². The molecule has 0 radical (unpaired) electrons. The number of hydrogen-bond donors (Lipinski definition) is 2. The summed E-state index contributed by atoms with van der Waals surface area (Å²) in [4.78, 5) is 14.1. The summed E-state index contributed by atoms with van der Waals surface area (Å²) in [6.07, 6.45) is 1.62. The van der Waals surface area contributed by atoms with Gasteiger partial charge in [-0.25, -0.2) is 4.39 Å². The van der Waals surface area contributed by atoms with Gasteiger partial charge in [0.05, 0.1) is 5.56 Å². The van der Waals surface area contributed by atoms with Crippen LogP contribution in [0.1, 0.15) is 37.0 Å². The number of carbonyl (C=O) groups is 1. The average molecular weight is 268 g/mol. The monoisotopic (exact) mass is 268 g/mol. The lowest BCUT2D eigenvalue weighted by Crippen LogP contribution is -2.42. The summed E-state index contributed by atoms with van der Waals surface area (Å²) in [5, 5.41) is 9.69. The van der Waals surface area contributed by atoms with Crippen LogP contribution in [0.3, 0.4) is 0 Å². The average Bonchev–Trinajstić information content (AvgIpc) is 2.38. The molecule has 3 N–H and O–H groups in total. The van der Waals surface area contributed by atoms with E-state index in [1.165, 1.54) is 12.1 Å². The number of phenolic OH excluding ortho intramolecular Hbond substituents is 1. The second-order valence-corrected chi connectivity index (χ2v) is 4.42. The Kier molecular flexibility index (Phi) is 5.76. The molecule has 0 aliphatic carbocycles. The van der Waals surface area contributed by atoms with Crippen LogP contribution in [-0.2, 0) is 0 Å². The maximum absolute atomic E-state index is 12.9. The Morgan fingerprint density at radius 1 is 1.42 bits per heavy atom. The predicted molar refractivity (Wildman–Crippen MR) is 72.5 cm³/mol. The molecular formula is C14H21FN2O2. The molecule has 0 spiro atoms. The fourth-order valence-corrected chi connectivity index (χ4v) is 2.16. The van der Waals surface area contributed by atoms with Gasteiger partial charge in [0, 0.05) is 25.2 Å². The van der Waals surface area contributed by atoms with Gasteiger partial charge < -0.3 is 15.7 Å². The van der Waals surface area contributed by atoms with Gasteiger partial charge in [-0.15, -0.1) is 0 Å². The minimum atomic E-state index is -0.568. The highest BCUT2D eigenvalue weighted by Crippen LogP contribution is 2.22. The van der Waals surface area contributed by atoms with Crippen LogP contribution in [0.25, 0.3) is 0 Å². The second-order valence-electron chi connectivity index (χ2n) is 4.42. The van der Waals surface area contributed by atoms with Gasteiger partial charge in [0.2, 0.25) is 0 Å². The van der Waals surface area contributed by atoms with Gasteiger partial charge in [0.25, 0.3) is 5.91 Å². The number of carbonyl (C=O) groups excluding carboxylic acids is 1. The third-order valence-electron chi connectivity index (χ3n) is 3.20. The summed E-state index contributed by atoms with van der Waals surface area (Å²) in [6.45, 7) is 4.76. The molecule has 1 rings (SSSR count). The lowest BCUT2D eigenvalue weighted by atomic mass is 10.1. The van der Waals surface area contributed by atoms with E-state index in [-0.39, 0.29) is 23.3 Å². The maximum atomic E-state index is 12.9. The van der Waals surface area contributed by atoms with Crippen LogP contribution in [0, 0.1) is 5.82 Å². The van der Waals surface area contributed by atoms with E-state index in [9.17, 15) is 14.3 Å². The van der Waals surface area contributed by atoms with Crippen LogP contribution in [0.2, 0.25) is 0 Å². The predicted octanol–water partition coefficient (Wildman–Crippen LogP) is 2.12. The Balaban J connectivity index is 3.04. The molecule has 5 heteroatoms. The zero-order valence-corrected chi connectivity index (χ0v) is 11.4. The van der Waals surface area contributed by atoms with E-state index in [2.05, 4.69) is 0 Å². The Morgan fingerprint density at radius 3 is 2.53 bits per heavy atom. The van der Waals surface area contributed by atoms with E-state index < -0.39 is 5.82 Å². The summed E-state index contributed by atoms with van der Waals surface area (Å²) in [5.41, 5.74) is 5.65. The van der Waals surface area contributed by atoms with Gasteiger partial charge in [-0.05, 0) is 25.0 Å². The third-order valence-corrected chi connectivity index (χ3v) is 3.20. The number of halogens is 1. The van der Waals surface area contributed by atoms with Crippen LogP contribution in [0.15, 0.2) is 18.2 Å². The molecule has 0 heterocycles. The number of nitrogens with zero attached hydrogens (tertiary/aromatic N) is 1. The van der Waals surface area contributed by atoms with Gasteiger partial charge in [-0.2, -0.15) is 0 Å². The molecule has 0 aliphatic heterocycles. The lowest BCUT2D eigenvalue weighted by molar-refractivity contribution is 0.0671. The van der Waals surface area contributed by atoms with Gasteiger partial charge in [-0.3, -0.25) is 4.79 Å². The fourth-order valence-electron chi connectivity index (χ4n) is 2.16. The van der Waals surface area contributed by atoms with Gasteiger partial charge >= 0.3 is 0 Å². The smallest absolute Gasteiger partial charge is 0.257 e. The van der Waals surface area contributed by atoms with Crippen LogP contribution in [0.5, 0.6) is 5.75 Å². The van der Waals surface area contributed by atoms with Crippen LogP contribution >= 0.6 is 0 Å². The lowest BCUT2D eigenvalue weighted by Gasteiger charge is -2.30. The zero-order chi connectivity index (χ0) is 14.4. The van der Waals surface area contributed by atoms with Crippen molar-refractivity contribution in [2.45, 2.75) is 32.7 Å². The first kappa shape index (κ1) is 15.4. The van der Waals surface area contributed by atoms with Crippen molar-refractivity contribution in [1.82, 2.24) is 4.90 Å². The topological polar surface area (TPSA) is 66.6 Å². The second kappa shape index (κ2) is 7.09. The summed E-state index contributed by atoms with van der Waals surface area (Å²) in [6, 6.07) is 3.49. The molecule has 1 amide bonds. The highest BCUT2D eigenvalue weighted by molar-refractivity contribution is 5.97. The molecule has 0 saturated carbocycles. The van der Waals surface area contributed by atoms with Crippen LogP contribution in [-0.4, -0.2) is 35.0 Å². The standard InChI is InChI=1S/C14H21FN2O2/c1-3-11(4-2)17(8-7-16)14(19)12-6-5-10(15)9-13(12)18/h5-6,9,11,18H,3-4,7-8,16H2,1-2H3. The van der Waals surface area contributed by atoms with E-state index in [4.69, 9.17) is 5.73 Å². The van der Waals surface area contributed by atoms with Crippen LogP contribution < -0.4 is 5.73 Å². The summed E-state index contributed by atoms with van der Waals surface area (Å²) in [7, 11) is 0. The number of hydrogen-bond acceptors (Lipinski definition) is 3. The molecular weight excluding hydrogens is 247 g/mol.